The van der Waals surface area contributed by atoms with Gasteiger partial charge in [-0.2, -0.15) is 0 Å². The monoisotopic (exact) mass is 409 g/mol. The molecule has 0 bridgehead atoms. The molecule has 4 aromatic carbocycles. The van der Waals surface area contributed by atoms with Crippen LogP contribution < -0.4 is 16.0 Å². The third-order valence-corrected chi connectivity index (χ3v) is 4.99. The van der Waals surface area contributed by atoms with Crippen molar-refractivity contribution < 1.29 is 9.59 Å². The molecule has 4 aromatic rings. The Morgan fingerprint density at radius 1 is 0.613 bits per heavy atom. The van der Waals surface area contributed by atoms with Gasteiger partial charge in [0.1, 0.15) is 0 Å². The zero-order valence-corrected chi connectivity index (χ0v) is 17.0. The second-order valence-electron chi connectivity index (χ2n) is 7.17. The molecule has 4 rings (SSSR count). The van der Waals surface area contributed by atoms with Gasteiger partial charge in [0.15, 0.2) is 0 Å². The quantitative estimate of drug-likeness (QED) is 0.415. The van der Waals surface area contributed by atoms with Crippen LogP contribution in [0.4, 0.5) is 10.5 Å². The highest BCUT2D eigenvalue weighted by Crippen LogP contribution is 2.27. The van der Waals surface area contributed by atoms with E-state index in [-0.39, 0.29) is 11.9 Å². The van der Waals surface area contributed by atoms with Crippen LogP contribution in [-0.4, -0.2) is 11.9 Å². The van der Waals surface area contributed by atoms with Gasteiger partial charge < -0.3 is 16.0 Å². The number of hydrogen-bond acceptors (Lipinski definition) is 2. The number of benzene rings is 4. The summed E-state index contributed by atoms with van der Waals surface area (Å²) in [6.07, 6.45) is 0. The SMILES string of the molecule is O=C(NCc1ccccc1)Nc1cccc2cccc(C(=O)NCc3ccccc3)c12. The van der Waals surface area contributed by atoms with Crippen LogP contribution in [0, 0.1) is 0 Å². The Morgan fingerprint density at radius 3 is 1.84 bits per heavy atom. The summed E-state index contributed by atoms with van der Waals surface area (Å²) < 4.78 is 0. The number of rotatable bonds is 6. The van der Waals surface area contributed by atoms with Gasteiger partial charge in [-0.05, 0) is 28.6 Å². The second-order valence-corrected chi connectivity index (χ2v) is 7.17. The zero-order chi connectivity index (χ0) is 21.5. The Bertz CT molecular complexity index is 1190. The van der Waals surface area contributed by atoms with Crippen LogP contribution in [-0.2, 0) is 13.1 Å². The van der Waals surface area contributed by atoms with Crippen molar-refractivity contribution in [3.05, 3.63) is 114 Å². The Morgan fingerprint density at radius 2 is 1.19 bits per heavy atom. The summed E-state index contributed by atoms with van der Waals surface area (Å²) in [6.45, 7) is 0.852. The average Bonchev–Trinajstić information content (AvgIpc) is 2.82. The van der Waals surface area contributed by atoms with Gasteiger partial charge in [-0.3, -0.25) is 4.79 Å². The Balaban J connectivity index is 1.52. The number of nitrogens with one attached hydrogen (secondary N) is 3. The van der Waals surface area contributed by atoms with E-state index in [1.54, 1.807) is 12.1 Å². The van der Waals surface area contributed by atoms with Gasteiger partial charge >= 0.3 is 6.03 Å². The van der Waals surface area contributed by atoms with Gasteiger partial charge in [0.25, 0.3) is 5.91 Å². The molecule has 0 aliphatic heterocycles. The van der Waals surface area contributed by atoms with E-state index in [1.165, 1.54) is 0 Å². The van der Waals surface area contributed by atoms with E-state index in [0.717, 1.165) is 16.5 Å². The first kappa shape index (κ1) is 20.2. The topological polar surface area (TPSA) is 70.2 Å². The van der Waals surface area contributed by atoms with E-state index in [4.69, 9.17) is 0 Å². The highest BCUT2D eigenvalue weighted by molar-refractivity contribution is 6.13. The summed E-state index contributed by atoms with van der Waals surface area (Å²) in [5.74, 6) is -0.187. The molecule has 0 spiro atoms. The van der Waals surface area contributed by atoms with Crippen molar-refractivity contribution >= 4 is 28.4 Å². The normalized spacial score (nSPS) is 10.5. The van der Waals surface area contributed by atoms with Crippen LogP contribution in [0.3, 0.4) is 0 Å². The van der Waals surface area contributed by atoms with E-state index in [9.17, 15) is 9.59 Å². The molecule has 0 aliphatic rings. The maximum absolute atomic E-state index is 12.9. The third-order valence-electron chi connectivity index (χ3n) is 4.99. The van der Waals surface area contributed by atoms with Crippen molar-refractivity contribution in [3.63, 3.8) is 0 Å². The van der Waals surface area contributed by atoms with Crippen LogP contribution >= 0.6 is 0 Å². The molecule has 0 unspecified atom stereocenters. The lowest BCUT2D eigenvalue weighted by Gasteiger charge is -2.14. The minimum atomic E-state index is -0.323. The van der Waals surface area contributed by atoms with Gasteiger partial charge in [-0.1, -0.05) is 84.9 Å². The van der Waals surface area contributed by atoms with Crippen molar-refractivity contribution in [1.82, 2.24) is 10.6 Å². The molecule has 3 amide bonds. The van der Waals surface area contributed by atoms with Gasteiger partial charge in [-0.25, -0.2) is 4.79 Å². The second kappa shape index (κ2) is 9.59. The van der Waals surface area contributed by atoms with Crippen molar-refractivity contribution in [1.29, 1.82) is 0 Å². The van der Waals surface area contributed by atoms with E-state index in [1.807, 2.05) is 84.9 Å². The molecule has 5 nitrogen and oxygen atoms in total. The molecule has 0 atom stereocenters. The zero-order valence-electron chi connectivity index (χ0n) is 17.0. The largest absolute Gasteiger partial charge is 0.348 e. The van der Waals surface area contributed by atoms with Gasteiger partial charge in [0.05, 0.1) is 5.69 Å². The smallest absolute Gasteiger partial charge is 0.319 e. The van der Waals surface area contributed by atoms with Crippen LogP contribution in [0.15, 0.2) is 97.1 Å². The van der Waals surface area contributed by atoms with Gasteiger partial charge in [0.2, 0.25) is 0 Å². The fourth-order valence-corrected chi connectivity index (χ4v) is 3.45. The average molecular weight is 409 g/mol. The minimum Gasteiger partial charge on any atom is -0.348 e. The molecule has 3 N–H and O–H groups in total. The van der Waals surface area contributed by atoms with Crippen molar-refractivity contribution in [2.75, 3.05) is 5.32 Å². The molecule has 154 valence electrons. The predicted octanol–water partition coefficient (Wildman–Crippen LogP) is 5.09. The minimum absolute atomic E-state index is 0.187. The fraction of sp³-hybridized carbons (Fsp3) is 0.0769. The van der Waals surface area contributed by atoms with E-state index < -0.39 is 0 Å². The lowest BCUT2D eigenvalue weighted by atomic mass is 10.0. The Labute approximate surface area is 181 Å². The fourth-order valence-electron chi connectivity index (χ4n) is 3.45. The van der Waals surface area contributed by atoms with Crippen LogP contribution in [0.1, 0.15) is 21.5 Å². The molecule has 0 fully saturated rings. The highest BCUT2D eigenvalue weighted by atomic mass is 16.2. The molecule has 31 heavy (non-hydrogen) atoms. The molecule has 0 saturated heterocycles. The number of urea groups is 1. The van der Waals surface area contributed by atoms with Crippen molar-refractivity contribution in [2.45, 2.75) is 13.1 Å². The Kier molecular flexibility index (Phi) is 6.24. The predicted molar refractivity (Wildman–Crippen MR) is 124 cm³/mol. The maximum Gasteiger partial charge on any atom is 0.319 e. The van der Waals surface area contributed by atoms with Crippen molar-refractivity contribution in [2.24, 2.45) is 0 Å². The van der Waals surface area contributed by atoms with E-state index in [2.05, 4.69) is 16.0 Å². The first-order valence-corrected chi connectivity index (χ1v) is 10.1. The molecule has 0 heterocycles. The number of amides is 3. The van der Waals surface area contributed by atoms with E-state index in [0.29, 0.717) is 29.7 Å². The molecule has 5 heteroatoms. The van der Waals surface area contributed by atoms with Crippen LogP contribution in [0.2, 0.25) is 0 Å². The molecule has 0 saturated carbocycles. The van der Waals surface area contributed by atoms with Crippen LogP contribution in [0.5, 0.6) is 0 Å². The summed E-state index contributed by atoms with van der Waals surface area (Å²) in [6, 6.07) is 30.3. The molecular weight excluding hydrogens is 386 g/mol. The maximum atomic E-state index is 12.9. The molecule has 0 radical (unpaired) electrons. The number of anilines is 1. The highest BCUT2D eigenvalue weighted by Gasteiger charge is 2.14. The summed E-state index contributed by atoms with van der Waals surface area (Å²) in [4.78, 5) is 25.4. The van der Waals surface area contributed by atoms with Crippen molar-refractivity contribution in [3.8, 4) is 0 Å². The molecule has 0 aromatic heterocycles. The number of fused-ring (bicyclic) bond motifs is 1. The summed E-state index contributed by atoms with van der Waals surface area (Å²) in [7, 11) is 0. The van der Waals surface area contributed by atoms with Gasteiger partial charge in [-0.15, -0.1) is 0 Å². The standard InChI is InChI=1S/C26H23N3O2/c30-25(27-17-19-9-3-1-4-10-19)22-15-7-13-21-14-8-16-23(24(21)22)29-26(31)28-18-20-11-5-2-6-12-20/h1-16H,17-18H2,(H,27,30)(H2,28,29,31). The lowest BCUT2D eigenvalue weighted by Crippen LogP contribution is -2.28. The molecular formula is C26H23N3O2. The summed E-state index contributed by atoms with van der Waals surface area (Å²) in [5.41, 5.74) is 3.15. The number of hydrogen-bond donors (Lipinski definition) is 3. The number of carbonyl (C=O) groups excluding carboxylic acids is 2. The first-order valence-electron chi connectivity index (χ1n) is 10.1. The first-order chi connectivity index (χ1) is 15.2. The summed E-state index contributed by atoms with van der Waals surface area (Å²) in [5, 5.41) is 10.3. The van der Waals surface area contributed by atoms with E-state index >= 15 is 0 Å². The van der Waals surface area contributed by atoms with Crippen LogP contribution in [0.25, 0.3) is 10.8 Å². The summed E-state index contributed by atoms with van der Waals surface area (Å²) >= 11 is 0. The lowest BCUT2D eigenvalue weighted by molar-refractivity contribution is 0.0952. The van der Waals surface area contributed by atoms with Gasteiger partial charge in [0, 0.05) is 24.0 Å². The third kappa shape index (κ3) is 5.08. The number of carbonyl (C=O) groups is 2. The Hall–Kier alpha value is -4.12. The molecule has 0 aliphatic carbocycles.